The normalized spacial score (nSPS) is 26.6. The minimum atomic E-state index is -0.431. The van der Waals surface area contributed by atoms with Gasteiger partial charge in [0.15, 0.2) is 5.82 Å². The Hall–Kier alpha value is -3.45. The van der Waals surface area contributed by atoms with Crippen molar-refractivity contribution in [2.24, 2.45) is 11.7 Å². The predicted octanol–water partition coefficient (Wildman–Crippen LogP) is 2.13. The van der Waals surface area contributed by atoms with E-state index in [0.29, 0.717) is 36.4 Å². The van der Waals surface area contributed by atoms with Crippen LogP contribution in [0.25, 0.3) is 5.52 Å². The van der Waals surface area contributed by atoms with Gasteiger partial charge in [-0.1, -0.05) is 0 Å². The molecule has 2 aliphatic heterocycles. The Morgan fingerprint density at radius 2 is 2.03 bits per heavy atom. The highest BCUT2D eigenvalue weighted by Gasteiger charge is 2.42. The van der Waals surface area contributed by atoms with Crippen molar-refractivity contribution >= 4 is 17.1 Å². The predicted molar refractivity (Wildman–Crippen MR) is 122 cm³/mol. The largest absolute Gasteiger partial charge is 0.369 e. The van der Waals surface area contributed by atoms with E-state index in [1.54, 1.807) is 6.07 Å². The lowest BCUT2D eigenvalue weighted by Crippen LogP contribution is -2.53. The number of hydrogen-bond acceptors (Lipinski definition) is 6. The number of nitriles is 1. The molecular weight excluding hydrogens is 435 g/mol. The van der Waals surface area contributed by atoms with Gasteiger partial charge in [-0.05, 0) is 45.2 Å². The maximum Gasteiger partial charge on any atom is 0.220 e. The molecule has 1 aliphatic carbocycles. The van der Waals surface area contributed by atoms with Gasteiger partial charge in [-0.3, -0.25) is 14.4 Å². The number of aromatic nitrogens is 4. The van der Waals surface area contributed by atoms with Crippen LogP contribution in [0.1, 0.15) is 55.4 Å². The smallest absolute Gasteiger partial charge is 0.220 e. The van der Waals surface area contributed by atoms with E-state index in [0.717, 1.165) is 37.2 Å². The maximum absolute atomic E-state index is 14.7. The molecule has 10 heteroatoms. The van der Waals surface area contributed by atoms with Gasteiger partial charge in [-0.25, -0.2) is 8.91 Å². The van der Waals surface area contributed by atoms with Crippen LogP contribution in [0.2, 0.25) is 0 Å². The average molecular weight is 463 g/mol. The summed E-state index contributed by atoms with van der Waals surface area (Å²) < 4.78 is 18.2. The van der Waals surface area contributed by atoms with Gasteiger partial charge in [-0.2, -0.15) is 15.5 Å². The first kappa shape index (κ1) is 21.1. The van der Waals surface area contributed by atoms with E-state index in [4.69, 9.17) is 10.8 Å². The van der Waals surface area contributed by atoms with Crippen molar-refractivity contribution in [3.63, 3.8) is 0 Å². The lowest BCUT2D eigenvalue weighted by atomic mass is 9.77. The number of nitrogens with zero attached hydrogens (tertiary/aromatic N) is 7. The highest BCUT2D eigenvalue weighted by atomic mass is 19.1. The fourth-order valence-corrected chi connectivity index (χ4v) is 5.99. The van der Waals surface area contributed by atoms with E-state index in [-0.39, 0.29) is 17.9 Å². The van der Waals surface area contributed by atoms with Gasteiger partial charge in [0.05, 0.1) is 35.9 Å². The fourth-order valence-electron chi connectivity index (χ4n) is 5.99. The third-order valence-corrected chi connectivity index (χ3v) is 7.88. The van der Waals surface area contributed by atoms with Crippen molar-refractivity contribution in [3.8, 4) is 6.07 Å². The second kappa shape index (κ2) is 7.53. The minimum absolute atomic E-state index is 0.00409. The molecule has 1 amide bonds. The molecule has 0 spiro atoms. The average Bonchev–Trinajstić information content (AvgIpc) is 3.33. The summed E-state index contributed by atoms with van der Waals surface area (Å²) in [7, 11) is 0. The second-order valence-electron chi connectivity index (χ2n) is 9.96. The summed E-state index contributed by atoms with van der Waals surface area (Å²) in [6.07, 6.45) is 3.72. The first-order valence-corrected chi connectivity index (χ1v) is 11.8. The Morgan fingerprint density at radius 1 is 1.24 bits per heavy atom. The number of nitrogens with two attached hydrogens (primary N) is 1. The molecule has 0 radical (unpaired) electrons. The summed E-state index contributed by atoms with van der Waals surface area (Å²) in [6.45, 7) is 6.45. The Balaban J connectivity index is 1.31. The molecule has 3 aliphatic rings. The number of fused-ring (bicyclic) bond motifs is 4. The zero-order valence-corrected chi connectivity index (χ0v) is 19.3. The van der Waals surface area contributed by atoms with Gasteiger partial charge in [0, 0.05) is 36.7 Å². The second-order valence-corrected chi connectivity index (χ2v) is 9.96. The lowest BCUT2D eigenvalue weighted by molar-refractivity contribution is -0.127. The van der Waals surface area contributed by atoms with Crippen molar-refractivity contribution in [2.45, 2.75) is 64.3 Å². The van der Waals surface area contributed by atoms with E-state index in [9.17, 15) is 14.4 Å². The molecule has 1 fully saturated rings. The number of anilines is 1. The third-order valence-electron chi connectivity index (χ3n) is 7.88. The number of carbonyl (C=O) groups excluding carboxylic acids is 1. The first-order chi connectivity index (χ1) is 16.4. The van der Waals surface area contributed by atoms with Crippen LogP contribution >= 0.6 is 0 Å². The molecule has 9 nitrogen and oxygen atoms in total. The van der Waals surface area contributed by atoms with Crippen LogP contribution in [0.5, 0.6) is 0 Å². The summed E-state index contributed by atoms with van der Waals surface area (Å²) in [5.41, 5.74) is 10.4. The van der Waals surface area contributed by atoms with E-state index < -0.39 is 5.82 Å². The number of hydrogen-bond donors (Lipinski definition) is 1. The molecule has 5 heterocycles. The Kier molecular flexibility index (Phi) is 4.68. The molecule has 6 rings (SSSR count). The molecule has 2 N–H and O–H groups in total. The van der Waals surface area contributed by atoms with E-state index in [1.807, 2.05) is 6.07 Å². The summed E-state index contributed by atoms with van der Waals surface area (Å²) in [4.78, 5) is 16.1. The quantitative estimate of drug-likeness (QED) is 0.639. The number of carbonyl (C=O) groups is 1. The standard InChI is InChI=1S/C24H27FN8O/c1-13-5-18-20(11-31(13)17-6-15(7-17)24(27)34)29-32-14(2)10-30(12-22(18)32)21-4-3-16(8-26)33-23(21)19(25)9-28-33/h3-4,9,13-15,17H,5-7,10-12H2,1-2H3,(H2,27,34)/t13-,14+,15?,17?/m0/s1. The minimum Gasteiger partial charge on any atom is -0.369 e. The zero-order valence-electron chi connectivity index (χ0n) is 19.3. The molecule has 2 atom stereocenters. The van der Waals surface area contributed by atoms with Crippen molar-refractivity contribution in [2.75, 3.05) is 11.4 Å². The van der Waals surface area contributed by atoms with Crippen LogP contribution in [0.4, 0.5) is 10.1 Å². The van der Waals surface area contributed by atoms with Crippen molar-refractivity contribution in [1.82, 2.24) is 24.3 Å². The molecule has 176 valence electrons. The SMILES string of the molecule is C[C@@H]1CN(c2ccc(C#N)n3ncc(F)c23)Cc2c3c(nn21)CN(C1CC(C(N)=O)C1)[C@@H](C)C3. The van der Waals surface area contributed by atoms with Gasteiger partial charge in [-0.15, -0.1) is 0 Å². The van der Waals surface area contributed by atoms with E-state index in [2.05, 4.69) is 39.5 Å². The number of pyridine rings is 1. The number of halogens is 1. The maximum atomic E-state index is 14.7. The summed E-state index contributed by atoms with van der Waals surface area (Å²) in [5, 5.41) is 18.5. The lowest BCUT2D eigenvalue weighted by Gasteiger charge is -2.46. The monoisotopic (exact) mass is 462 g/mol. The van der Waals surface area contributed by atoms with Crippen molar-refractivity contribution in [3.05, 3.63) is 46.8 Å². The molecule has 0 aromatic carbocycles. The molecule has 0 bridgehead atoms. The van der Waals surface area contributed by atoms with Gasteiger partial charge >= 0.3 is 0 Å². The molecule has 0 saturated heterocycles. The molecule has 3 aromatic heterocycles. The third kappa shape index (κ3) is 3.03. The highest BCUT2D eigenvalue weighted by Crippen LogP contribution is 2.39. The van der Waals surface area contributed by atoms with Crippen LogP contribution in [0, 0.1) is 23.1 Å². The van der Waals surface area contributed by atoms with Crippen molar-refractivity contribution < 1.29 is 9.18 Å². The number of primary amides is 1. The van der Waals surface area contributed by atoms with Crippen molar-refractivity contribution in [1.29, 1.82) is 5.26 Å². The van der Waals surface area contributed by atoms with Gasteiger partial charge in [0.25, 0.3) is 0 Å². The molecular formula is C24H27FN8O. The van der Waals surface area contributed by atoms with Crippen LogP contribution in [0.3, 0.4) is 0 Å². The molecule has 3 aromatic rings. The fraction of sp³-hybridized carbons (Fsp3) is 0.500. The Labute approximate surface area is 196 Å². The molecule has 1 saturated carbocycles. The topological polar surface area (TPSA) is 108 Å². The summed E-state index contributed by atoms with van der Waals surface area (Å²) in [6, 6.07) is 6.43. The van der Waals surface area contributed by atoms with Gasteiger partial charge in [0.2, 0.25) is 5.91 Å². The first-order valence-electron chi connectivity index (χ1n) is 11.8. The zero-order chi connectivity index (χ0) is 23.7. The van der Waals surface area contributed by atoms with E-state index in [1.165, 1.54) is 22.0 Å². The Morgan fingerprint density at radius 3 is 2.76 bits per heavy atom. The summed E-state index contributed by atoms with van der Waals surface area (Å²) in [5.74, 6) is -0.630. The molecule has 34 heavy (non-hydrogen) atoms. The highest BCUT2D eigenvalue weighted by molar-refractivity contribution is 5.77. The van der Waals surface area contributed by atoms with Gasteiger partial charge < -0.3 is 10.6 Å². The molecule has 0 unspecified atom stereocenters. The van der Waals surface area contributed by atoms with Crippen LogP contribution in [0.15, 0.2) is 18.3 Å². The number of rotatable bonds is 3. The number of amides is 1. The van der Waals surface area contributed by atoms with Gasteiger partial charge in [0.1, 0.15) is 17.3 Å². The van der Waals surface area contributed by atoms with Crippen LogP contribution in [-0.4, -0.2) is 48.8 Å². The summed E-state index contributed by atoms with van der Waals surface area (Å²) >= 11 is 0. The van der Waals surface area contributed by atoms with Crippen LogP contribution in [-0.2, 0) is 24.3 Å². The van der Waals surface area contributed by atoms with E-state index >= 15 is 0 Å². The van der Waals surface area contributed by atoms with Crippen LogP contribution < -0.4 is 10.6 Å². The Bertz CT molecular complexity index is 1350.